The van der Waals surface area contributed by atoms with Crippen molar-refractivity contribution < 1.29 is 96.8 Å². The number of phenolic OH excluding ortho intramolecular Hbond substituents is 1. The standard InChI is InChI=1S/2C22H26FNO6S.C18H20FNO4S.C7H8O2/c1-15(2)29-22(25)28-14-16-5-4-6-17(11-16)30-18-9-10-24(13-18)21-8-7-19(12-20(21)23)31(3,26)27;1-15(2)29-22(25)28-13-16-4-3-5-18(10-16)30-19-8-9-24(12-19)21-7-6-17(11-20(21)23)14-31(26)27;1-25(22,23)16-5-6-18(17(19)10-16)20-8-7-15(11-20)24-14-4-2-3-13(9-14)12-21;8-5-6-2-1-3-7(9)4-6/h4-8,11-12,15,18H,9-10,13-14H2,1-3H3;3-7,10-11,15,19H,8-9,12-14H2,1-2H3,(H,26,27);2-6,9-10,15,21H,7-8,11-12H2,1H3;1-4,8-9H,5H2/p-1/t18-;19-;15-;/m000./s1. The predicted octanol–water partition coefficient (Wildman–Crippen LogP) is 11.1. The lowest BCUT2D eigenvalue weighted by molar-refractivity contribution is 0.0287. The third-order valence-corrected chi connectivity index (χ3v) is 17.5. The summed E-state index contributed by atoms with van der Waals surface area (Å²) >= 11 is -2.26. The van der Waals surface area contributed by atoms with Crippen LogP contribution in [0.15, 0.2) is 161 Å². The molecule has 3 aliphatic heterocycles. The zero-order valence-electron chi connectivity index (χ0n) is 53.9. The third-order valence-electron chi connectivity index (χ3n) is 14.7. The first kappa shape index (κ1) is 74.8. The summed E-state index contributed by atoms with van der Waals surface area (Å²) in [6, 6.07) is 40.6. The van der Waals surface area contributed by atoms with Crippen molar-refractivity contribution in [2.45, 2.75) is 119 Å². The molecule has 3 N–H and O–H groups in total. The Labute approximate surface area is 560 Å². The van der Waals surface area contributed by atoms with E-state index in [0.717, 1.165) is 53.3 Å². The van der Waals surface area contributed by atoms with Gasteiger partial charge in [-0.25, -0.2) is 39.6 Å². The quantitative estimate of drug-likeness (QED) is 0.0445. The van der Waals surface area contributed by atoms with Crippen LogP contribution in [0, 0.1) is 17.5 Å². The maximum atomic E-state index is 14.5. The SMILES string of the molecule is CC(C)OC(=O)OCc1cccc(O[C@H]2CCN(c3ccc(CS(=O)[O-])cc3F)C2)c1.CC(C)OC(=O)OCc1cccc(O[C@H]2CCN(c3ccc(S(C)(=O)=O)cc3F)C2)c1.CS(=O)(=O)c1ccc(N2CC[C@H](Oc3cccc(CO)c3)C2)c(F)c1.OCc1cccc(O)c1. The number of hydrogen-bond donors (Lipinski definition) is 3. The summed E-state index contributed by atoms with van der Waals surface area (Å²) < 4.78 is 149. The van der Waals surface area contributed by atoms with E-state index in [1.807, 2.05) is 57.2 Å². The van der Waals surface area contributed by atoms with Gasteiger partial charge in [-0.15, -0.1) is 0 Å². The maximum Gasteiger partial charge on any atom is 0.508 e. The summed E-state index contributed by atoms with van der Waals surface area (Å²) in [7, 11) is -6.89. The molecular formula is C69H79F3N3O18S3-. The molecule has 0 aliphatic carbocycles. The molecule has 0 amide bonds. The summed E-state index contributed by atoms with van der Waals surface area (Å²) in [6.07, 6.45) is 1.92. The van der Waals surface area contributed by atoms with Gasteiger partial charge in [-0.05, 0) is 153 Å². The van der Waals surface area contributed by atoms with Gasteiger partial charge in [0.05, 0.1) is 71.9 Å². The summed E-state index contributed by atoms with van der Waals surface area (Å²) in [4.78, 5) is 28.5. The number of aliphatic hydroxyl groups is 2. The van der Waals surface area contributed by atoms with E-state index in [0.29, 0.717) is 92.0 Å². The predicted molar refractivity (Wildman–Crippen MR) is 354 cm³/mol. The molecule has 7 aromatic rings. The van der Waals surface area contributed by atoms with Crippen LogP contribution in [-0.2, 0) is 81.9 Å². The molecule has 0 radical (unpaired) electrons. The van der Waals surface area contributed by atoms with Crippen molar-refractivity contribution in [2.75, 3.05) is 66.5 Å². The topological polar surface area (TPSA) is 278 Å². The lowest BCUT2D eigenvalue weighted by atomic mass is 10.2. The van der Waals surface area contributed by atoms with Crippen molar-refractivity contribution in [3.63, 3.8) is 0 Å². The summed E-state index contributed by atoms with van der Waals surface area (Å²) in [5.41, 5.74) is 4.60. The van der Waals surface area contributed by atoms with Gasteiger partial charge < -0.3 is 67.7 Å². The van der Waals surface area contributed by atoms with Gasteiger partial charge in [0, 0.05) is 57.2 Å². The number of rotatable bonds is 21. The molecule has 3 saturated heterocycles. The normalized spacial score (nSPS) is 16.3. The number of halogens is 3. The lowest BCUT2D eigenvalue weighted by Gasteiger charge is -2.20. The lowest BCUT2D eigenvalue weighted by Crippen LogP contribution is -2.25. The van der Waals surface area contributed by atoms with Crippen LogP contribution in [0.3, 0.4) is 0 Å². The van der Waals surface area contributed by atoms with Gasteiger partial charge in [0.15, 0.2) is 19.7 Å². The molecule has 0 saturated carbocycles. The fourth-order valence-corrected chi connectivity index (χ4v) is 11.9. The number of sulfone groups is 2. The summed E-state index contributed by atoms with van der Waals surface area (Å²) in [5, 5.41) is 26.6. The van der Waals surface area contributed by atoms with E-state index in [1.54, 1.807) is 88.4 Å². The highest BCUT2D eigenvalue weighted by molar-refractivity contribution is 7.91. The molecule has 0 spiro atoms. The van der Waals surface area contributed by atoms with Crippen molar-refractivity contribution in [2.24, 2.45) is 0 Å². The fraction of sp³-hybridized carbons (Fsp3) is 0.362. The van der Waals surface area contributed by atoms with Crippen molar-refractivity contribution in [1.29, 1.82) is 0 Å². The van der Waals surface area contributed by atoms with Gasteiger partial charge in [-0.2, -0.15) is 0 Å². The van der Waals surface area contributed by atoms with E-state index in [2.05, 4.69) is 0 Å². The molecule has 0 aromatic heterocycles. The van der Waals surface area contributed by atoms with E-state index < -0.39 is 60.5 Å². The first-order chi connectivity index (χ1) is 45.6. The van der Waals surface area contributed by atoms with Crippen molar-refractivity contribution in [1.82, 2.24) is 0 Å². The summed E-state index contributed by atoms with van der Waals surface area (Å²) in [6.45, 7) is 10.4. The molecule has 96 heavy (non-hydrogen) atoms. The number of benzene rings is 7. The summed E-state index contributed by atoms with van der Waals surface area (Å²) in [5.74, 6) is 0.348. The zero-order valence-corrected chi connectivity index (χ0v) is 56.3. The first-order valence-electron chi connectivity index (χ1n) is 30.6. The van der Waals surface area contributed by atoms with Gasteiger partial charge in [-0.1, -0.05) is 65.7 Å². The van der Waals surface area contributed by atoms with Gasteiger partial charge in [-0.3, -0.25) is 4.21 Å². The molecule has 3 aliphatic rings. The number of carbonyl (C=O) groups is 2. The molecule has 518 valence electrons. The van der Waals surface area contributed by atoms with E-state index in [1.165, 1.54) is 36.4 Å². The number of anilines is 3. The first-order valence-corrected chi connectivity index (χ1v) is 35.7. The fourth-order valence-electron chi connectivity index (χ4n) is 10.2. The van der Waals surface area contributed by atoms with E-state index in [-0.39, 0.29) is 78.2 Å². The van der Waals surface area contributed by atoms with Crippen molar-refractivity contribution in [3.8, 4) is 23.0 Å². The molecule has 27 heteroatoms. The largest absolute Gasteiger partial charge is 0.772 e. The number of ether oxygens (including phenoxy) is 7. The minimum atomic E-state index is -3.46. The molecule has 7 aromatic carbocycles. The third kappa shape index (κ3) is 23.9. The molecule has 1 unspecified atom stereocenters. The molecule has 0 bridgehead atoms. The van der Waals surface area contributed by atoms with Crippen LogP contribution in [-0.4, -0.2) is 136 Å². The van der Waals surface area contributed by atoms with Crippen LogP contribution >= 0.6 is 0 Å². The Kier molecular flexibility index (Phi) is 27.6. The van der Waals surface area contributed by atoms with Crippen molar-refractivity contribution >= 4 is 60.1 Å². The molecular weight excluding hydrogens is 1310 g/mol. The average molecular weight is 1390 g/mol. The number of phenols is 1. The molecule has 3 fully saturated rings. The Morgan fingerprint density at radius 3 is 1.20 bits per heavy atom. The van der Waals surface area contributed by atoms with Crippen LogP contribution in [0.1, 0.15) is 74.8 Å². The van der Waals surface area contributed by atoms with Gasteiger partial charge in [0.1, 0.15) is 72.0 Å². The van der Waals surface area contributed by atoms with Crippen LogP contribution in [0.4, 0.5) is 39.8 Å². The zero-order chi connectivity index (χ0) is 69.7. The number of hydrogen-bond acceptors (Lipinski definition) is 21. The molecule has 3 heterocycles. The van der Waals surface area contributed by atoms with Gasteiger partial charge >= 0.3 is 12.3 Å². The van der Waals surface area contributed by atoms with E-state index in [9.17, 15) is 53.5 Å². The minimum Gasteiger partial charge on any atom is -0.772 e. The van der Waals surface area contributed by atoms with Crippen LogP contribution in [0.25, 0.3) is 0 Å². The number of aromatic hydroxyl groups is 1. The number of nitrogens with zero attached hydrogens (tertiary/aromatic N) is 3. The Morgan fingerprint density at radius 1 is 0.510 bits per heavy atom. The highest BCUT2D eigenvalue weighted by atomic mass is 32.2. The van der Waals surface area contributed by atoms with E-state index in [4.69, 9.17) is 43.4 Å². The van der Waals surface area contributed by atoms with Gasteiger partial charge in [0.25, 0.3) is 0 Å². The maximum absolute atomic E-state index is 14.5. The monoisotopic (exact) mass is 1390 g/mol. The Morgan fingerprint density at radius 2 is 0.865 bits per heavy atom. The smallest absolute Gasteiger partial charge is 0.508 e. The second kappa shape index (κ2) is 35.4. The Hall–Kier alpha value is -8.60. The number of aliphatic hydroxyl groups excluding tert-OH is 2. The van der Waals surface area contributed by atoms with Crippen molar-refractivity contribution in [3.05, 3.63) is 197 Å². The second-order valence-corrected chi connectivity index (χ2v) is 28.2. The highest BCUT2D eigenvalue weighted by Crippen LogP contribution is 2.32. The number of carbonyl (C=O) groups excluding carboxylic acids is 2. The highest BCUT2D eigenvalue weighted by Gasteiger charge is 2.30. The molecule has 10 rings (SSSR count). The Balaban J connectivity index is 0.000000191. The van der Waals surface area contributed by atoms with Crippen LogP contribution < -0.4 is 28.9 Å². The van der Waals surface area contributed by atoms with Crippen LogP contribution in [0.2, 0.25) is 0 Å². The average Bonchev–Trinajstić information content (AvgIpc) is 1.70. The van der Waals surface area contributed by atoms with E-state index >= 15 is 0 Å². The van der Waals surface area contributed by atoms with Gasteiger partial charge in [0.2, 0.25) is 0 Å². The van der Waals surface area contributed by atoms with Crippen LogP contribution in [0.5, 0.6) is 23.0 Å². The second-order valence-electron chi connectivity index (χ2n) is 23.3. The molecule has 21 nitrogen and oxygen atoms in total. The Bertz CT molecular complexity index is 4000. The molecule has 4 atom stereocenters. The minimum absolute atomic E-state index is 0.0194.